The molecule has 180 valence electrons. The molecule has 0 fully saturated rings. The van der Waals surface area contributed by atoms with Crippen molar-refractivity contribution in [2.24, 2.45) is 0 Å². The molecule has 1 unspecified atom stereocenters. The van der Waals surface area contributed by atoms with Crippen LogP contribution in [0.1, 0.15) is 30.0 Å². The Kier molecular flexibility index (Phi) is 6.02. The van der Waals surface area contributed by atoms with Crippen molar-refractivity contribution in [2.75, 3.05) is 17.1 Å². The van der Waals surface area contributed by atoms with Crippen molar-refractivity contribution >= 4 is 32.4 Å². The van der Waals surface area contributed by atoms with Crippen LogP contribution in [0.25, 0.3) is 10.9 Å². The zero-order chi connectivity index (χ0) is 24.6. The molecule has 0 saturated heterocycles. The van der Waals surface area contributed by atoms with E-state index in [0.29, 0.717) is 22.8 Å². The van der Waals surface area contributed by atoms with Crippen molar-refractivity contribution < 1.29 is 21.9 Å². The van der Waals surface area contributed by atoms with Crippen LogP contribution in [0.15, 0.2) is 71.6 Å². The monoisotopic (exact) mass is 495 g/mol. The topological polar surface area (TPSA) is 80.3 Å². The van der Waals surface area contributed by atoms with Crippen molar-refractivity contribution in [3.63, 3.8) is 0 Å². The maximum atomic E-state index is 13.6. The number of anilines is 2. The third-order valence-corrected chi connectivity index (χ3v) is 7.45. The summed E-state index contributed by atoms with van der Waals surface area (Å²) in [5.41, 5.74) is 3.21. The van der Waals surface area contributed by atoms with E-state index in [0.717, 1.165) is 42.7 Å². The molecule has 0 aliphatic heterocycles. The lowest BCUT2D eigenvalue weighted by Gasteiger charge is -2.28. The highest BCUT2D eigenvalue weighted by Gasteiger charge is 2.24. The number of benzene rings is 3. The van der Waals surface area contributed by atoms with E-state index in [-0.39, 0.29) is 11.7 Å². The summed E-state index contributed by atoms with van der Waals surface area (Å²) in [5, 5.41) is 4.05. The van der Waals surface area contributed by atoms with Gasteiger partial charge in [0.2, 0.25) is 0 Å². The zero-order valence-electron chi connectivity index (χ0n) is 18.9. The predicted molar refractivity (Wildman–Crippen MR) is 131 cm³/mol. The van der Waals surface area contributed by atoms with Crippen LogP contribution in [0.4, 0.5) is 20.3 Å². The number of methoxy groups -OCH3 is 1. The van der Waals surface area contributed by atoms with Gasteiger partial charge in [0.1, 0.15) is 23.2 Å². The Labute approximate surface area is 202 Å². The Balaban J connectivity index is 1.45. The molecule has 1 aliphatic rings. The molecular formula is C26H23F2N3O3S. The first-order valence-corrected chi connectivity index (χ1v) is 12.6. The molecule has 0 saturated carbocycles. The molecule has 0 spiro atoms. The van der Waals surface area contributed by atoms with Crippen molar-refractivity contribution in [3.8, 4) is 5.75 Å². The molecule has 6 nitrogen and oxygen atoms in total. The van der Waals surface area contributed by atoms with E-state index in [1.165, 1.54) is 5.56 Å². The highest BCUT2D eigenvalue weighted by Crippen LogP contribution is 2.38. The van der Waals surface area contributed by atoms with Gasteiger partial charge in [-0.2, -0.15) is 0 Å². The lowest BCUT2D eigenvalue weighted by molar-refractivity contribution is 0.401. The second-order valence-corrected chi connectivity index (χ2v) is 10.1. The number of nitrogens with zero attached hydrogens (tertiary/aromatic N) is 1. The quantitative estimate of drug-likeness (QED) is 0.353. The smallest absolute Gasteiger partial charge is 0.262 e. The van der Waals surface area contributed by atoms with Crippen molar-refractivity contribution in [3.05, 3.63) is 89.5 Å². The largest absolute Gasteiger partial charge is 0.496 e. The van der Waals surface area contributed by atoms with E-state index in [1.54, 1.807) is 37.4 Å². The summed E-state index contributed by atoms with van der Waals surface area (Å²) in [5.74, 6) is -0.456. The highest BCUT2D eigenvalue weighted by molar-refractivity contribution is 7.92. The molecular weight excluding hydrogens is 472 g/mol. The van der Waals surface area contributed by atoms with E-state index in [2.05, 4.69) is 21.1 Å². The molecule has 0 amide bonds. The van der Waals surface area contributed by atoms with Crippen molar-refractivity contribution in [1.29, 1.82) is 0 Å². The summed E-state index contributed by atoms with van der Waals surface area (Å²) in [4.78, 5) is 4.19. The summed E-state index contributed by atoms with van der Waals surface area (Å²) in [7, 11) is -2.55. The first kappa shape index (κ1) is 23.0. The van der Waals surface area contributed by atoms with Gasteiger partial charge >= 0.3 is 0 Å². The van der Waals surface area contributed by atoms with Gasteiger partial charge in [-0.05, 0) is 67.3 Å². The molecule has 0 radical (unpaired) electrons. The number of pyridine rings is 1. The number of ether oxygens (including phenoxy) is 1. The first-order chi connectivity index (χ1) is 16.8. The molecule has 9 heteroatoms. The van der Waals surface area contributed by atoms with Gasteiger partial charge in [-0.3, -0.25) is 4.72 Å². The van der Waals surface area contributed by atoms with Crippen LogP contribution in [0.5, 0.6) is 5.75 Å². The Bertz CT molecular complexity index is 1490. The Morgan fingerprint density at radius 1 is 1.00 bits per heavy atom. The summed E-state index contributed by atoms with van der Waals surface area (Å²) >= 11 is 0. The number of sulfonamides is 1. The van der Waals surface area contributed by atoms with Gasteiger partial charge < -0.3 is 10.1 Å². The van der Waals surface area contributed by atoms with Crippen LogP contribution in [0.3, 0.4) is 0 Å². The van der Waals surface area contributed by atoms with Crippen LogP contribution in [-0.4, -0.2) is 20.5 Å². The van der Waals surface area contributed by atoms with Crippen LogP contribution in [0, 0.1) is 11.6 Å². The van der Waals surface area contributed by atoms with Crippen LogP contribution >= 0.6 is 0 Å². The first-order valence-electron chi connectivity index (χ1n) is 11.1. The third-order valence-electron chi connectivity index (χ3n) is 6.11. The third kappa shape index (κ3) is 4.64. The molecule has 5 rings (SSSR count). The van der Waals surface area contributed by atoms with Gasteiger partial charge in [-0.15, -0.1) is 0 Å². The number of aromatic nitrogens is 1. The molecule has 1 aromatic heterocycles. The number of halogens is 2. The van der Waals surface area contributed by atoms with E-state index in [9.17, 15) is 17.2 Å². The molecule has 35 heavy (non-hydrogen) atoms. The van der Waals surface area contributed by atoms with Crippen LogP contribution in [-0.2, 0) is 16.4 Å². The predicted octanol–water partition coefficient (Wildman–Crippen LogP) is 5.81. The second-order valence-electron chi connectivity index (χ2n) is 8.40. The fourth-order valence-corrected chi connectivity index (χ4v) is 5.68. The lowest BCUT2D eigenvalue weighted by atomic mass is 9.87. The molecule has 1 atom stereocenters. The van der Waals surface area contributed by atoms with Gasteiger partial charge in [0.25, 0.3) is 10.0 Å². The van der Waals surface area contributed by atoms with Crippen molar-refractivity contribution in [1.82, 2.24) is 4.98 Å². The summed E-state index contributed by atoms with van der Waals surface area (Å²) in [6, 6.07) is 16.8. The van der Waals surface area contributed by atoms with Crippen LogP contribution in [0.2, 0.25) is 0 Å². The number of hydrogen-bond donors (Lipinski definition) is 2. The fourth-order valence-electron chi connectivity index (χ4n) is 4.56. The number of fused-ring (bicyclic) bond motifs is 2. The number of rotatable bonds is 6. The van der Waals surface area contributed by atoms with Crippen molar-refractivity contribution in [2.45, 2.75) is 30.2 Å². The molecule has 2 N–H and O–H groups in total. The maximum absolute atomic E-state index is 13.6. The highest BCUT2D eigenvalue weighted by atomic mass is 32.2. The van der Waals surface area contributed by atoms with Gasteiger partial charge in [0.15, 0.2) is 0 Å². The molecule has 4 aromatic rings. The average Bonchev–Trinajstić information content (AvgIpc) is 2.83. The van der Waals surface area contributed by atoms with Gasteiger partial charge in [0.05, 0.1) is 29.3 Å². The lowest BCUT2D eigenvalue weighted by Crippen LogP contribution is -2.19. The van der Waals surface area contributed by atoms with Gasteiger partial charge in [-0.25, -0.2) is 22.2 Å². The normalized spacial score (nSPS) is 15.5. The molecule has 1 heterocycles. The number of hydrogen-bond acceptors (Lipinski definition) is 5. The summed E-state index contributed by atoms with van der Waals surface area (Å²) in [6.07, 6.45) is 2.96. The maximum Gasteiger partial charge on any atom is 0.262 e. The Morgan fingerprint density at radius 2 is 1.77 bits per heavy atom. The minimum atomic E-state index is -4.21. The van der Waals surface area contributed by atoms with Gasteiger partial charge in [-0.1, -0.05) is 18.2 Å². The molecule has 1 aliphatic carbocycles. The van der Waals surface area contributed by atoms with E-state index < -0.39 is 26.6 Å². The minimum absolute atomic E-state index is 0.0319. The average molecular weight is 496 g/mol. The fraction of sp³-hybridized carbons (Fsp3) is 0.192. The standard InChI is InChI=1S/C26H23F2N3O3S/c1-34-24-10-3-6-16-5-2-9-23(26(16)24)30-25-12-11-20-21(29-25)7-4-8-22(20)31-35(32,33)19-14-17(27)13-18(28)15-19/h3-4,6-8,10-15,23,31H,2,5,9H2,1H3,(H,29,30). The Morgan fingerprint density at radius 3 is 2.54 bits per heavy atom. The van der Waals surface area contributed by atoms with E-state index in [1.807, 2.05) is 12.1 Å². The summed E-state index contributed by atoms with van der Waals surface area (Å²) in [6.45, 7) is 0. The molecule has 0 bridgehead atoms. The van der Waals surface area contributed by atoms with Crippen LogP contribution < -0.4 is 14.8 Å². The second kappa shape index (κ2) is 9.14. The minimum Gasteiger partial charge on any atom is -0.496 e. The zero-order valence-corrected chi connectivity index (χ0v) is 19.7. The summed E-state index contributed by atoms with van der Waals surface area (Å²) < 4.78 is 60.7. The number of aryl methyl sites for hydroxylation is 1. The SMILES string of the molecule is COc1cccc2c1C(Nc1ccc3c(NS(=O)(=O)c4cc(F)cc(F)c4)cccc3n1)CCC2. The molecule has 3 aromatic carbocycles. The van der Waals surface area contributed by atoms with E-state index >= 15 is 0 Å². The van der Waals surface area contributed by atoms with E-state index in [4.69, 9.17) is 4.74 Å². The number of nitrogens with one attached hydrogen (secondary N) is 2. The Hall–Kier alpha value is -3.72. The van der Waals surface area contributed by atoms with Gasteiger partial charge in [0, 0.05) is 17.0 Å².